The van der Waals surface area contributed by atoms with Gasteiger partial charge in [-0.15, -0.1) is 0 Å². The van der Waals surface area contributed by atoms with Gasteiger partial charge in [-0.05, 0) is 49.2 Å². The highest BCUT2D eigenvalue weighted by atomic mass is 32.2. The average Bonchev–Trinajstić information content (AvgIpc) is 3.32. The molecule has 2 heterocycles. The molecule has 7 nitrogen and oxygen atoms in total. The van der Waals surface area contributed by atoms with Crippen molar-refractivity contribution in [1.82, 2.24) is 15.2 Å². The molecule has 4 rings (SSSR count). The van der Waals surface area contributed by atoms with Crippen LogP contribution in [0, 0.1) is 5.92 Å². The number of sulfone groups is 1. The summed E-state index contributed by atoms with van der Waals surface area (Å²) in [6, 6.07) is 7.30. The minimum atomic E-state index is -3.93. The first-order valence-electron chi connectivity index (χ1n) is 14.2. The van der Waals surface area contributed by atoms with E-state index in [1.807, 2.05) is 27.0 Å². The Hall–Kier alpha value is -2.50. The zero-order valence-electron chi connectivity index (χ0n) is 25.1. The van der Waals surface area contributed by atoms with Gasteiger partial charge in [0.05, 0.1) is 34.7 Å². The number of alkyl halides is 3. The molecule has 1 amide bonds. The van der Waals surface area contributed by atoms with Crippen LogP contribution in [0.4, 0.5) is 13.2 Å². The van der Waals surface area contributed by atoms with E-state index in [2.05, 4.69) is 29.0 Å². The summed E-state index contributed by atoms with van der Waals surface area (Å²) in [5.74, 6) is -1.33. The summed E-state index contributed by atoms with van der Waals surface area (Å²) in [5, 5.41) is 12.4. The first-order valence-corrected chi connectivity index (χ1v) is 16.1. The van der Waals surface area contributed by atoms with Gasteiger partial charge >= 0.3 is 6.18 Å². The van der Waals surface area contributed by atoms with Crippen molar-refractivity contribution < 1.29 is 31.5 Å². The lowest BCUT2D eigenvalue weighted by Crippen LogP contribution is -2.31. The minimum absolute atomic E-state index is 0.191. The highest BCUT2D eigenvalue weighted by molar-refractivity contribution is 7.90. The van der Waals surface area contributed by atoms with E-state index in [9.17, 15) is 31.5 Å². The topological polar surface area (TPSA) is 99.6 Å². The minimum Gasteiger partial charge on any atom is -0.394 e. The molecule has 1 unspecified atom stereocenters. The van der Waals surface area contributed by atoms with Crippen LogP contribution in [-0.4, -0.2) is 55.4 Å². The molecule has 1 aromatic carbocycles. The van der Waals surface area contributed by atoms with Gasteiger partial charge in [0.1, 0.15) is 0 Å². The van der Waals surface area contributed by atoms with Crippen LogP contribution >= 0.6 is 0 Å². The highest BCUT2D eigenvalue weighted by Gasteiger charge is 2.39. The molecule has 2 N–H and O–H groups in total. The van der Waals surface area contributed by atoms with E-state index in [-0.39, 0.29) is 17.4 Å². The van der Waals surface area contributed by atoms with E-state index in [4.69, 9.17) is 0 Å². The van der Waals surface area contributed by atoms with Crippen LogP contribution in [0.3, 0.4) is 0 Å². The third-order valence-electron chi connectivity index (χ3n) is 6.45. The van der Waals surface area contributed by atoms with Crippen molar-refractivity contribution in [3.05, 3.63) is 58.9 Å². The first kappa shape index (κ1) is 36.5. The summed E-state index contributed by atoms with van der Waals surface area (Å²) in [6.07, 6.45) is 3.18. The number of nitrogens with zero attached hydrogens (tertiary/aromatic N) is 2. The average molecular weight is 602 g/mol. The standard InChI is InChI=1S/C18H21N3O4S.C7H11F3.C3H8.C2H6/c1-21-9-14-7-13(8-19-16(14)10-21)18(23)20-17(11-22)12-3-5-15(6-4-12)26(2,24)25;8-7(9,10)6-4-2-1-3-5-6;1-3-2;1-2/h3-8,17,22H,9-11H2,1-2H3,(H,20,23);6H,1-5H2;3H2,1-2H3;1-2H3. The van der Waals surface area contributed by atoms with Crippen molar-refractivity contribution >= 4 is 15.7 Å². The number of carbonyl (C=O) groups is 1. The van der Waals surface area contributed by atoms with Gasteiger partial charge in [0, 0.05) is 25.5 Å². The van der Waals surface area contributed by atoms with E-state index < -0.39 is 28.0 Å². The molecular weight excluding hydrogens is 555 g/mol. The second kappa shape index (κ2) is 17.5. The summed E-state index contributed by atoms with van der Waals surface area (Å²) in [5.41, 5.74) is 3.06. The summed E-state index contributed by atoms with van der Waals surface area (Å²) in [4.78, 5) is 19.2. The zero-order valence-corrected chi connectivity index (χ0v) is 25.9. The van der Waals surface area contributed by atoms with Crippen LogP contribution in [0.15, 0.2) is 41.4 Å². The summed E-state index contributed by atoms with van der Waals surface area (Å²) in [7, 11) is -1.30. The van der Waals surface area contributed by atoms with Crippen LogP contribution in [0.2, 0.25) is 0 Å². The van der Waals surface area contributed by atoms with Crippen LogP contribution in [0.1, 0.15) is 99.4 Å². The number of carbonyl (C=O) groups excluding carboxylic acids is 1. The van der Waals surface area contributed by atoms with Crippen molar-refractivity contribution in [3.63, 3.8) is 0 Å². The Morgan fingerprint density at radius 3 is 2.12 bits per heavy atom. The van der Waals surface area contributed by atoms with Crippen LogP contribution < -0.4 is 5.32 Å². The monoisotopic (exact) mass is 601 g/mol. The molecule has 1 aromatic heterocycles. The van der Waals surface area contributed by atoms with E-state index in [0.717, 1.165) is 49.9 Å². The lowest BCUT2D eigenvalue weighted by atomic mass is 9.89. The van der Waals surface area contributed by atoms with Crippen LogP contribution in [-0.2, 0) is 22.9 Å². The molecule has 0 spiro atoms. The third kappa shape index (κ3) is 12.1. The maximum absolute atomic E-state index is 12.5. The number of hydrogen-bond acceptors (Lipinski definition) is 6. The summed E-state index contributed by atoms with van der Waals surface area (Å²) in [6.45, 7) is 9.47. The molecule has 0 bridgehead atoms. The van der Waals surface area contributed by atoms with Gasteiger partial charge in [-0.2, -0.15) is 13.2 Å². The number of nitrogens with one attached hydrogen (secondary N) is 1. The number of hydrogen-bond donors (Lipinski definition) is 2. The van der Waals surface area contributed by atoms with E-state index in [0.29, 0.717) is 24.0 Å². The highest BCUT2D eigenvalue weighted by Crippen LogP contribution is 2.37. The largest absolute Gasteiger partial charge is 0.394 e. The van der Waals surface area contributed by atoms with Gasteiger partial charge in [0.2, 0.25) is 0 Å². The normalized spacial score (nSPS) is 16.0. The molecule has 232 valence electrons. The van der Waals surface area contributed by atoms with Gasteiger partial charge in [-0.25, -0.2) is 8.42 Å². The van der Waals surface area contributed by atoms with Gasteiger partial charge in [-0.3, -0.25) is 14.7 Å². The second-order valence-electron chi connectivity index (χ2n) is 10.1. The molecule has 0 radical (unpaired) electrons. The number of aliphatic hydroxyl groups is 1. The Kier molecular flexibility index (Phi) is 15.5. The van der Waals surface area contributed by atoms with Crippen molar-refractivity contribution in [3.8, 4) is 0 Å². The maximum Gasteiger partial charge on any atom is 0.391 e. The number of pyridine rings is 1. The summed E-state index contributed by atoms with van der Waals surface area (Å²) < 4.78 is 58.9. The third-order valence-corrected chi connectivity index (χ3v) is 7.58. The Labute approximate surface area is 243 Å². The Morgan fingerprint density at radius 2 is 1.66 bits per heavy atom. The van der Waals surface area contributed by atoms with Crippen molar-refractivity contribution in [2.75, 3.05) is 19.9 Å². The number of benzene rings is 1. The molecule has 2 aromatic rings. The molecule has 1 atom stereocenters. The fourth-order valence-electron chi connectivity index (χ4n) is 4.40. The lowest BCUT2D eigenvalue weighted by molar-refractivity contribution is -0.181. The molecule has 1 aliphatic heterocycles. The molecular formula is C30H46F3N3O4S. The van der Waals surface area contributed by atoms with Gasteiger partial charge < -0.3 is 10.4 Å². The van der Waals surface area contributed by atoms with Crippen molar-refractivity contribution in [1.29, 1.82) is 0 Å². The SMILES string of the molecule is CC.CCC.CN1Cc2cc(C(=O)NC(CO)c3ccc(S(C)(=O)=O)cc3)cnc2C1.FC(F)(F)C1CCCCC1. The molecule has 11 heteroatoms. The Morgan fingerprint density at radius 1 is 1.10 bits per heavy atom. The van der Waals surface area contributed by atoms with Gasteiger partial charge in [0.25, 0.3) is 5.91 Å². The number of aliphatic hydroxyl groups excluding tert-OH is 1. The van der Waals surface area contributed by atoms with E-state index >= 15 is 0 Å². The smallest absolute Gasteiger partial charge is 0.391 e. The number of rotatable bonds is 5. The van der Waals surface area contributed by atoms with Gasteiger partial charge in [-0.1, -0.05) is 65.5 Å². The molecule has 2 aliphatic rings. The molecule has 41 heavy (non-hydrogen) atoms. The van der Waals surface area contributed by atoms with Crippen molar-refractivity contribution in [2.24, 2.45) is 5.92 Å². The van der Waals surface area contributed by atoms with Crippen LogP contribution in [0.5, 0.6) is 0 Å². The Bertz CT molecular complexity index is 1170. The second-order valence-corrected chi connectivity index (χ2v) is 12.2. The summed E-state index contributed by atoms with van der Waals surface area (Å²) >= 11 is 0. The zero-order chi connectivity index (χ0) is 31.2. The van der Waals surface area contributed by atoms with Crippen molar-refractivity contribution in [2.45, 2.75) is 96.4 Å². The number of amides is 1. The molecule has 1 saturated carbocycles. The number of halogens is 3. The quantitative estimate of drug-likeness (QED) is 0.408. The number of fused-ring (bicyclic) bond motifs is 1. The molecule has 0 saturated heterocycles. The van der Waals surface area contributed by atoms with Gasteiger partial charge in [0.15, 0.2) is 9.84 Å². The fraction of sp³-hybridized carbons (Fsp3) is 0.600. The van der Waals surface area contributed by atoms with E-state index in [1.165, 1.54) is 24.8 Å². The maximum atomic E-state index is 12.5. The molecule has 1 aliphatic carbocycles. The Balaban J connectivity index is 0.000000465. The first-order chi connectivity index (χ1) is 19.3. The van der Waals surface area contributed by atoms with E-state index in [1.54, 1.807) is 12.1 Å². The predicted octanol–water partition coefficient (Wildman–Crippen LogP) is 6.47. The predicted molar refractivity (Wildman–Crippen MR) is 156 cm³/mol. The fourth-order valence-corrected chi connectivity index (χ4v) is 5.03. The van der Waals surface area contributed by atoms with Crippen LogP contribution in [0.25, 0.3) is 0 Å². The lowest BCUT2D eigenvalue weighted by Gasteiger charge is -2.23. The molecule has 1 fully saturated rings. The number of aromatic nitrogens is 1.